The number of hydrogen-bond acceptors (Lipinski definition) is 3. The summed E-state index contributed by atoms with van der Waals surface area (Å²) in [6.07, 6.45) is -8.90. The van der Waals surface area contributed by atoms with Gasteiger partial charge in [-0.2, -0.15) is 31.6 Å². The number of piperazine rings is 1. The van der Waals surface area contributed by atoms with Crippen LogP contribution in [0.15, 0.2) is 0 Å². The van der Waals surface area contributed by atoms with Crippen LogP contribution in [-0.2, 0) is 0 Å². The summed E-state index contributed by atoms with van der Waals surface area (Å²) >= 11 is 0. The van der Waals surface area contributed by atoms with Crippen molar-refractivity contribution in [3.63, 3.8) is 0 Å². The molecule has 110 valence electrons. The topological polar surface area (TPSA) is 30.3 Å². The van der Waals surface area contributed by atoms with Gasteiger partial charge < -0.3 is 0 Å². The molecule has 0 aromatic carbocycles. The molecule has 1 fully saturated rings. The number of rotatable bonds is 3. The van der Waals surface area contributed by atoms with Crippen molar-refractivity contribution in [1.82, 2.24) is 9.80 Å². The van der Waals surface area contributed by atoms with Crippen LogP contribution >= 0.6 is 0 Å². The monoisotopic (exact) mass is 289 g/mol. The second-order valence-electron chi connectivity index (χ2n) is 4.42. The minimum Gasteiger partial charge on any atom is -0.299 e. The molecular formula is C10H13F6N3. The van der Waals surface area contributed by atoms with E-state index < -0.39 is 31.4 Å². The zero-order valence-electron chi connectivity index (χ0n) is 9.93. The molecule has 0 aromatic heterocycles. The number of hydrogen-bond donors (Lipinski definition) is 0. The average Bonchev–Trinajstić information content (AvgIpc) is 2.24. The Morgan fingerprint density at radius 2 is 1.42 bits per heavy atom. The molecule has 1 rings (SSSR count). The summed E-state index contributed by atoms with van der Waals surface area (Å²) in [4.78, 5) is 2.51. The van der Waals surface area contributed by atoms with Gasteiger partial charge in [-0.3, -0.25) is 9.80 Å². The lowest BCUT2D eigenvalue weighted by Crippen LogP contribution is -2.51. The van der Waals surface area contributed by atoms with Gasteiger partial charge in [0.25, 0.3) is 0 Å². The fourth-order valence-electron chi connectivity index (χ4n) is 1.86. The Hall–Kier alpha value is -1.01. The highest BCUT2D eigenvalue weighted by atomic mass is 19.4. The lowest BCUT2D eigenvalue weighted by Gasteiger charge is -2.35. The average molecular weight is 289 g/mol. The summed E-state index contributed by atoms with van der Waals surface area (Å²) < 4.78 is 73.4. The highest BCUT2D eigenvalue weighted by molar-refractivity contribution is 4.91. The molecule has 0 aliphatic carbocycles. The Morgan fingerprint density at radius 1 is 0.947 bits per heavy atom. The van der Waals surface area contributed by atoms with E-state index in [0.29, 0.717) is 0 Å². The van der Waals surface area contributed by atoms with Crippen LogP contribution in [0.2, 0.25) is 0 Å². The number of nitriles is 1. The van der Waals surface area contributed by atoms with Crippen molar-refractivity contribution >= 4 is 0 Å². The van der Waals surface area contributed by atoms with Gasteiger partial charge in [0.15, 0.2) is 5.92 Å². The second-order valence-corrected chi connectivity index (χ2v) is 4.42. The van der Waals surface area contributed by atoms with Crippen molar-refractivity contribution in [3.8, 4) is 6.07 Å². The Bertz CT molecular complexity index is 324. The molecule has 0 aromatic rings. The van der Waals surface area contributed by atoms with Crippen LogP contribution in [0.5, 0.6) is 0 Å². The van der Waals surface area contributed by atoms with Crippen molar-refractivity contribution < 1.29 is 26.3 Å². The fraction of sp³-hybridized carbons (Fsp3) is 0.900. The lowest BCUT2D eigenvalue weighted by molar-refractivity contribution is -0.166. The molecule has 0 bridgehead atoms. The van der Waals surface area contributed by atoms with Gasteiger partial charge in [0.05, 0.1) is 12.6 Å². The quantitative estimate of drug-likeness (QED) is 0.743. The van der Waals surface area contributed by atoms with Crippen LogP contribution in [-0.4, -0.2) is 61.4 Å². The predicted octanol–water partition coefficient (Wildman–Crippen LogP) is 1.87. The first-order chi connectivity index (χ1) is 8.62. The first-order valence-corrected chi connectivity index (χ1v) is 5.59. The Balaban J connectivity index is 2.40. The third-order valence-corrected chi connectivity index (χ3v) is 2.86. The van der Waals surface area contributed by atoms with Gasteiger partial charge in [0.2, 0.25) is 0 Å². The minimum atomic E-state index is -4.60. The molecule has 1 unspecified atom stereocenters. The molecule has 0 spiro atoms. The highest BCUT2D eigenvalue weighted by Crippen LogP contribution is 2.27. The third kappa shape index (κ3) is 5.65. The molecule has 1 saturated heterocycles. The predicted molar refractivity (Wildman–Crippen MR) is 54.1 cm³/mol. The van der Waals surface area contributed by atoms with Gasteiger partial charge in [-0.25, -0.2) is 0 Å². The van der Waals surface area contributed by atoms with E-state index in [9.17, 15) is 26.3 Å². The van der Waals surface area contributed by atoms with Crippen molar-refractivity contribution in [2.75, 3.05) is 39.3 Å². The largest absolute Gasteiger partial charge is 0.405 e. The van der Waals surface area contributed by atoms with Crippen LogP contribution in [0, 0.1) is 17.2 Å². The zero-order valence-corrected chi connectivity index (χ0v) is 9.93. The fourth-order valence-corrected chi connectivity index (χ4v) is 1.86. The Labute approximate surface area is 106 Å². The summed E-state index contributed by atoms with van der Waals surface area (Å²) in [5.41, 5.74) is 0. The van der Waals surface area contributed by atoms with Gasteiger partial charge in [0.1, 0.15) is 0 Å². The number of nitrogens with zero attached hydrogens (tertiary/aromatic N) is 3. The first kappa shape index (κ1) is 16.0. The van der Waals surface area contributed by atoms with Crippen LogP contribution in [0.3, 0.4) is 0 Å². The minimum absolute atomic E-state index is 0.0511. The van der Waals surface area contributed by atoms with E-state index in [1.165, 1.54) is 11.0 Å². The molecule has 1 aliphatic rings. The normalized spacial score (nSPS) is 21.1. The summed E-state index contributed by atoms with van der Waals surface area (Å²) in [6.45, 7) is -1.23. The van der Waals surface area contributed by atoms with Crippen LogP contribution in [0.25, 0.3) is 0 Å². The summed E-state index contributed by atoms with van der Waals surface area (Å²) in [7, 11) is 0. The SMILES string of the molecule is N#CC(CN1CCN(CC(F)(F)F)CC1)C(F)(F)F. The molecular weight excluding hydrogens is 276 g/mol. The second kappa shape index (κ2) is 5.96. The molecule has 0 radical (unpaired) electrons. The van der Waals surface area contributed by atoms with Crippen molar-refractivity contribution in [2.24, 2.45) is 5.92 Å². The van der Waals surface area contributed by atoms with E-state index in [2.05, 4.69) is 0 Å². The molecule has 0 N–H and O–H groups in total. The zero-order chi connectivity index (χ0) is 14.7. The van der Waals surface area contributed by atoms with Crippen molar-refractivity contribution in [2.45, 2.75) is 12.4 Å². The van der Waals surface area contributed by atoms with Gasteiger partial charge in [-0.15, -0.1) is 0 Å². The van der Waals surface area contributed by atoms with Crippen LogP contribution < -0.4 is 0 Å². The van der Waals surface area contributed by atoms with E-state index in [0.717, 1.165) is 4.90 Å². The Kier molecular flexibility index (Phi) is 5.04. The Morgan fingerprint density at radius 3 is 1.79 bits per heavy atom. The number of alkyl halides is 6. The van der Waals surface area contributed by atoms with E-state index in [4.69, 9.17) is 5.26 Å². The highest BCUT2D eigenvalue weighted by Gasteiger charge is 2.41. The summed E-state index contributed by atoms with van der Waals surface area (Å²) in [6, 6.07) is 1.18. The van der Waals surface area contributed by atoms with E-state index in [1.807, 2.05) is 0 Å². The maximum Gasteiger partial charge on any atom is 0.405 e. The lowest BCUT2D eigenvalue weighted by atomic mass is 10.1. The summed E-state index contributed by atoms with van der Waals surface area (Å²) in [5.74, 6) is -2.10. The molecule has 1 atom stereocenters. The number of halogens is 6. The molecule has 19 heavy (non-hydrogen) atoms. The maximum absolute atomic E-state index is 12.4. The molecule has 9 heteroatoms. The molecule has 1 aliphatic heterocycles. The van der Waals surface area contributed by atoms with Gasteiger partial charge >= 0.3 is 12.4 Å². The van der Waals surface area contributed by atoms with Crippen LogP contribution in [0.4, 0.5) is 26.3 Å². The standard InChI is InChI=1S/C10H13F6N3/c11-9(12,13)7-19-3-1-18(2-4-19)6-8(5-17)10(14,15)16/h8H,1-4,6-7H2. The van der Waals surface area contributed by atoms with E-state index >= 15 is 0 Å². The molecule has 3 nitrogen and oxygen atoms in total. The van der Waals surface area contributed by atoms with Gasteiger partial charge in [0, 0.05) is 32.7 Å². The van der Waals surface area contributed by atoms with Crippen molar-refractivity contribution in [1.29, 1.82) is 5.26 Å². The third-order valence-electron chi connectivity index (χ3n) is 2.86. The first-order valence-electron chi connectivity index (χ1n) is 5.59. The maximum atomic E-state index is 12.4. The molecule has 0 amide bonds. The van der Waals surface area contributed by atoms with E-state index in [1.54, 1.807) is 0 Å². The van der Waals surface area contributed by atoms with Crippen LogP contribution in [0.1, 0.15) is 0 Å². The molecule has 0 saturated carbocycles. The van der Waals surface area contributed by atoms with Crippen molar-refractivity contribution in [3.05, 3.63) is 0 Å². The molecule has 1 heterocycles. The van der Waals surface area contributed by atoms with Gasteiger partial charge in [-0.05, 0) is 0 Å². The summed E-state index contributed by atoms with van der Waals surface area (Å²) in [5, 5.41) is 8.44. The van der Waals surface area contributed by atoms with Gasteiger partial charge in [-0.1, -0.05) is 0 Å². The smallest absolute Gasteiger partial charge is 0.299 e. The van der Waals surface area contributed by atoms with E-state index in [-0.39, 0.29) is 26.2 Å².